The molecular formula is C17H19N5O3. The molecule has 0 saturated carbocycles. The molecule has 1 atom stereocenters. The number of aromatic nitrogens is 4. The first-order chi connectivity index (χ1) is 11.9. The Bertz CT molecular complexity index is 1040. The van der Waals surface area contributed by atoms with Crippen molar-refractivity contribution >= 4 is 17.0 Å². The second-order valence-electron chi connectivity index (χ2n) is 6.53. The lowest BCUT2D eigenvalue weighted by molar-refractivity contribution is 0.0927. The first-order valence-electron chi connectivity index (χ1n) is 8.22. The maximum atomic E-state index is 12.8. The Morgan fingerprint density at radius 3 is 3.00 bits per heavy atom. The summed E-state index contributed by atoms with van der Waals surface area (Å²) < 4.78 is 8.92. The lowest BCUT2D eigenvalue weighted by atomic mass is 10.1. The Kier molecular flexibility index (Phi) is 3.48. The van der Waals surface area contributed by atoms with Crippen molar-refractivity contribution in [2.75, 3.05) is 0 Å². The quantitative estimate of drug-likeness (QED) is 0.753. The molecule has 0 aliphatic carbocycles. The molecule has 8 heteroatoms. The van der Waals surface area contributed by atoms with Crippen molar-refractivity contribution in [3.63, 3.8) is 0 Å². The molecule has 0 fully saturated rings. The third-order valence-corrected chi connectivity index (χ3v) is 4.62. The average Bonchev–Trinajstić information content (AvgIpc) is 3.09. The normalized spacial score (nSPS) is 16.8. The summed E-state index contributed by atoms with van der Waals surface area (Å²) in [5.41, 5.74) is 1.16. The molecule has 8 nitrogen and oxygen atoms in total. The lowest BCUT2D eigenvalue weighted by Gasteiger charge is -2.24. The van der Waals surface area contributed by atoms with Gasteiger partial charge in [-0.15, -0.1) is 0 Å². The molecule has 3 aromatic heterocycles. The van der Waals surface area contributed by atoms with Crippen molar-refractivity contribution in [3.05, 3.63) is 45.7 Å². The van der Waals surface area contributed by atoms with Gasteiger partial charge >= 0.3 is 0 Å². The Morgan fingerprint density at radius 2 is 2.20 bits per heavy atom. The summed E-state index contributed by atoms with van der Waals surface area (Å²) in [6, 6.07) is -0.0153. The first kappa shape index (κ1) is 15.6. The number of imidazole rings is 1. The van der Waals surface area contributed by atoms with Gasteiger partial charge in [0.25, 0.3) is 11.5 Å². The summed E-state index contributed by atoms with van der Waals surface area (Å²) in [5, 5.41) is 3.26. The van der Waals surface area contributed by atoms with Crippen LogP contribution in [0.15, 0.2) is 21.7 Å². The van der Waals surface area contributed by atoms with Crippen LogP contribution in [-0.4, -0.2) is 31.1 Å². The molecule has 3 aromatic rings. The van der Waals surface area contributed by atoms with Gasteiger partial charge in [-0.25, -0.2) is 9.97 Å². The molecule has 1 N–H and O–H groups in total. The van der Waals surface area contributed by atoms with Gasteiger partial charge in [-0.05, 0) is 20.3 Å². The molecule has 0 radical (unpaired) electrons. The van der Waals surface area contributed by atoms with E-state index in [0.717, 1.165) is 24.4 Å². The van der Waals surface area contributed by atoms with Crippen LogP contribution in [0.25, 0.3) is 11.1 Å². The monoisotopic (exact) mass is 341 g/mol. The minimum atomic E-state index is -0.299. The van der Waals surface area contributed by atoms with Crippen molar-refractivity contribution < 1.29 is 9.21 Å². The molecule has 1 amide bonds. The molecule has 0 spiro atoms. The van der Waals surface area contributed by atoms with E-state index in [1.807, 2.05) is 13.1 Å². The number of aryl methyl sites for hydroxylation is 4. The summed E-state index contributed by atoms with van der Waals surface area (Å²) in [4.78, 5) is 33.8. The van der Waals surface area contributed by atoms with Crippen molar-refractivity contribution in [1.82, 2.24) is 24.4 Å². The highest BCUT2D eigenvalue weighted by Crippen LogP contribution is 2.22. The highest BCUT2D eigenvalue weighted by Gasteiger charge is 2.26. The van der Waals surface area contributed by atoms with E-state index >= 15 is 0 Å². The number of furan rings is 1. The van der Waals surface area contributed by atoms with Crippen molar-refractivity contribution in [2.45, 2.75) is 39.3 Å². The molecule has 0 bridgehead atoms. The fourth-order valence-corrected chi connectivity index (χ4v) is 3.42. The van der Waals surface area contributed by atoms with Crippen LogP contribution in [-0.2, 0) is 20.0 Å². The van der Waals surface area contributed by atoms with E-state index in [1.165, 1.54) is 10.9 Å². The van der Waals surface area contributed by atoms with Gasteiger partial charge in [-0.3, -0.25) is 9.59 Å². The minimum absolute atomic E-state index is 0.0153. The number of hydrogen-bond donors (Lipinski definition) is 1. The van der Waals surface area contributed by atoms with Crippen LogP contribution >= 0.6 is 0 Å². The predicted molar refractivity (Wildman–Crippen MR) is 90.5 cm³/mol. The number of rotatable bonds is 2. The molecule has 1 unspecified atom stereocenters. The van der Waals surface area contributed by atoms with Crippen molar-refractivity contribution in [1.29, 1.82) is 0 Å². The maximum absolute atomic E-state index is 12.8. The number of hydrogen-bond acceptors (Lipinski definition) is 5. The first-order valence-corrected chi connectivity index (χ1v) is 8.22. The molecule has 130 valence electrons. The number of nitrogens with zero attached hydrogens (tertiary/aromatic N) is 4. The number of fused-ring (bicyclic) bond motifs is 2. The van der Waals surface area contributed by atoms with Gasteiger partial charge in [-0.2, -0.15) is 0 Å². The van der Waals surface area contributed by atoms with Crippen LogP contribution < -0.4 is 10.9 Å². The Hall–Kier alpha value is -2.90. The van der Waals surface area contributed by atoms with E-state index in [2.05, 4.69) is 19.9 Å². The molecule has 0 saturated heterocycles. The summed E-state index contributed by atoms with van der Waals surface area (Å²) in [7, 11) is 1.60. The Morgan fingerprint density at radius 1 is 1.40 bits per heavy atom. The second-order valence-corrected chi connectivity index (χ2v) is 6.53. The molecular weight excluding hydrogens is 322 g/mol. The minimum Gasteiger partial charge on any atom is -0.442 e. The van der Waals surface area contributed by atoms with Gasteiger partial charge in [-0.1, -0.05) is 0 Å². The fraction of sp³-hybridized carbons (Fsp3) is 0.412. The van der Waals surface area contributed by atoms with Gasteiger partial charge < -0.3 is 18.9 Å². The summed E-state index contributed by atoms with van der Waals surface area (Å²) >= 11 is 0. The van der Waals surface area contributed by atoms with Crippen LogP contribution in [0.3, 0.4) is 0 Å². The molecule has 25 heavy (non-hydrogen) atoms. The van der Waals surface area contributed by atoms with E-state index in [4.69, 9.17) is 4.42 Å². The predicted octanol–water partition coefficient (Wildman–Crippen LogP) is 1.08. The third kappa shape index (κ3) is 2.54. The smallest absolute Gasteiger partial charge is 0.265 e. The SMILES string of the molecule is Cc1cn2c(n1)CCC(NC(=O)c1c(C)oc3ncn(C)c(=O)c13)C2. The zero-order valence-corrected chi connectivity index (χ0v) is 14.4. The maximum Gasteiger partial charge on any atom is 0.265 e. The Labute approximate surface area is 143 Å². The van der Waals surface area contributed by atoms with Gasteiger partial charge in [0.15, 0.2) is 0 Å². The second kappa shape index (κ2) is 5.58. The van der Waals surface area contributed by atoms with Gasteiger partial charge in [0.1, 0.15) is 23.3 Å². The molecule has 1 aliphatic heterocycles. The summed E-state index contributed by atoms with van der Waals surface area (Å²) in [5.74, 6) is 1.15. The summed E-state index contributed by atoms with van der Waals surface area (Å²) in [6.07, 6.45) is 5.01. The van der Waals surface area contributed by atoms with E-state index in [0.29, 0.717) is 12.3 Å². The lowest BCUT2D eigenvalue weighted by Crippen LogP contribution is -2.41. The molecule has 1 aliphatic rings. The Balaban J connectivity index is 1.64. The van der Waals surface area contributed by atoms with Crippen LogP contribution in [0.4, 0.5) is 0 Å². The molecule has 4 heterocycles. The van der Waals surface area contributed by atoms with Crippen LogP contribution in [0.1, 0.15) is 34.1 Å². The van der Waals surface area contributed by atoms with Crippen LogP contribution in [0, 0.1) is 13.8 Å². The zero-order valence-electron chi connectivity index (χ0n) is 14.4. The van der Waals surface area contributed by atoms with Gasteiger partial charge in [0.2, 0.25) is 5.71 Å². The van der Waals surface area contributed by atoms with E-state index in [9.17, 15) is 9.59 Å². The highest BCUT2D eigenvalue weighted by molar-refractivity contribution is 6.06. The third-order valence-electron chi connectivity index (χ3n) is 4.62. The standard InChI is InChI=1S/C17H19N5O3/c1-9-6-22-7-11(4-5-12(22)19-9)20-15(23)13-10(2)25-16-14(13)17(24)21(3)8-18-16/h6,8,11H,4-5,7H2,1-3H3,(H,20,23). The van der Waals surface area contributed by atoms with Gasteiger partial charge in [0.05, 0.1) is 11.3 Å². The van der Waals surface area contributed by atoms with Crippen molar-refractivity contribution in [2.24, 2.45) is 7.05 Å². The molecule has 4 rings (SSSR count). The largest absolute Gasteiger partial charge is 0.442 e. The van der Waals surface area contributed by atoms with Crippen molar-refractivity contribution in [3.8, 4) is 0 Å². The van der Waals surface area contributed by atoms with E-state index < -0.39 is 0 Å². The number of nitrogens with one attached hydrogen (secondary N) is 1. The number of carbonyl (C=O) groups is 1. The highest BCUT2D eigenvalue weighted by atomic mass is 16.3. The van der Waals surface area contributed by atoms with Gasteiger partial charge in [0, 0.05) is 32.3 Å². The van der Waals surface area contributed by atoms with Crippen LogP contribution in [0.2, 0.25) is 0 Å². The average molecular weight is 341 g/mol. The van der Waals surface area contributed by atoms with Crippen LogP contribution in [0.5, 0.6) is 0 Å². The number of carbonyl (C=O) groups excluding carboxylic acids is 1. The zero-order chi connectivity index (χ0) is 17.7. The molecule has 0 aromatic carbocycles. The summed E-state index contributed by atoms with van der Waals surface area (Å²) in [6.45, 7) is 4.31. The van der Waals surface area contributed by atoms with E-state index in [-0.39, 0.29) is 34.2 Å². The fourth-order valence-electron chi connectivity index (χ4n) is 3.42. The topological polar surface area (TPSA) is 94.9 Å². The van der Waals surface area contributed by atoms with E-state index in [1.54, 1.807) is 14.0 Å². The number of amides is 1.